The number of rotatable bonds is 6. The Morgan fingerprint density at radius 1 is 1.13 bits per heavy atom. The summed E-state index contributed by atoms with van der Waals surface area (Å²) in [5.74, 6) is 0.534. The minimum absolute atomic E-state index is 0.150. The van der Waals surface area contributed by atoms with Gasteiger partial charge >= 0.3 is 0 Å². The van der Waals surface area contributed by atoms with Gasteiger partial charge in [0, 0.05) is 60.0 Å². The van der Waals surface area contributed by atoms with Crippen molar-refractivity contribution in [2.75, 3.05) is 43.4 Å². The summed E-state index contributed by atoms with van der Waals surface area (Å²) < 4.78 is 0.978. The zero-order valence-corrected chi connectivity index (χ0v) is 18.0. The molecule has 30 heavy (non-hydrogen) atoms. The van der Waals surface area contributed by atoms with Gasteiger partial charge in [-0.1, -0.05) is 28.1 Å². The molecule has 1 aromatic heterocycles. The average Bonchev–Trinajstić information content (AvgIpc) is 2.75. The molecular formula is C22H23BrN6O. The van der Waals surface area contributed by atoms with Crippen LogP contribution in [0.15, 0.2) is 65.4 Å². The van der Waals surface area contributed by atoms with Crippen molar-refractivity contribution in [2.45, 2.75) is 0 Å². The van der Waals surface area contributed by atoms with Crippen LogP contribution in [0.2, 0.25) is 0 Å². The molecule has 3 N–H and O–H groups in total. The number of hydrogen-bond acceptors (Lipinski definition) is 6. The van der Waals surface area contributed by atoms with E-state index in [0.717, 1.165) is 53.8 Å². The third kappa shape index (κ3) is 5.41. The summed E-state index contributed by atoms with van der Waals surface area (Å²) in [5, 5.41) is 10.4. The van der Waals surface area contributed by atoms with Crippen LogP contribution < -0.4 is 16.0 Å². The van der Waals surface area contributed by atoms with Crippen LogP contribution in [0.4, 0.5) is 17.2 Å². The zero-order chi connectivity index (χ0) is 20.8. The molecule has 0 spiro atoms. The van der Waals surface area contributed by atoms with Crippen LogP contribution in [-0.2, 0) is 4.79 Å². The Morgan fingerprint density at radius 2 is 2.00 bits per heavy atom. The first-order valence-corrected chi connectivity index (χ1v) is 10.6. The van der Waals surface area contributed by atoms with Gasteiger partial charge < -0.3 is 16.0 Å². The molecule has 1 amide bonds. The van der Waals surface area contributed by atoms with Gasteiger partial charge in [0.15, 0.2) is 0 Å². The quantitative estimate of drug-likeness (QED) is 0.482. The van der Waals surface area contributed by atoms with Crippen molar-refractivity contribution in [1.29, 1.82) is 0 Å². The summed E-state index contributed by atoms with van der Waals surface area (Å²) in [6, 6.07) is 13.5. The molecule has 0 aliphatic carbocycles. The normalized spacial score (nSPS) is 14.8. The summed E-state index contributed by atoms with van der Waals surface area (Å²) >= 11 is 3.48. The first-order valence-electron chi connectivity index (χ1n) is 9.85. The predicted octanol–water partition coefficient (Wildman–Crippen LogP) is 3.54. The predicted molar refractivity (Wildman–Crippen MR) is 124 cm³/mol. The number of nitrogens with zero attached hydrogens (tertiary/aromatic N) is 3. The van der Waals surface area contributed by atoms with E-state index in [1.165, 1.54) is 6.33 Å². The minimum Gasteiger partial charge on any atom is -0.340 e. The second-order valence-corrected chi connectivity index (χ2v) is 7.95. The highest BCUT2D eigenvalue weighted by molar-refractivity contribution is 9.10. The third-order valence-electron chi connectivity index (χ3n) is 4.83. The lowest BCUT2D eigenvalue weighted by molar-refractivity contribution is -0.111. The van der Waals surface area contributed by atoms with E-state index in [1.807, 2.05) is 48.5 Å². The van der Waals surface area contributed by atoms with Gasteiger partial charge in [0.25, 0.3) is 0 Å². The molecule has 0 radical (unpaired) electrons. The van der Waals surface area contributed by atoms with E-state index in [9.17, 15) is 4.79 Å². The first-order chi connectivity index (χ1) is 14.7. The number of aromatic nitrogens is 2. The van der Waals surface area contributed by atoms with Gasteiger partial charge in [-0.2, -0.15) is 0 Å². The molecular weight excluding hydrogens is 444 g/mol. The van der Waals surface area contributed by atoms with Crippen LogP contribution in [0, 0.1) is 0 Å². The number of benzene rings is 2. The molecule has 0 saturated carbocycles. The van der Waals surface area contributed by atoms with Gasteiger partial charge in [-0.3, -0.25) is 9.69 Å². The molecule has 7 nitrogen and oxygen atoms in total. The minimum atomic E-state index is -0.150. The smallest absolute Gasteiger partial charge is 0.248 e. The summed E-state index contributed by atoms with van der Waals surface area (Å²) in [4.78, 5) is 23.3. The Kier molecular flexibility index (Phi) is 6.68. The number of anilines is 3. The lowest BCUT2D eigenvalue weighted by Crippen LogP contribution is -2.43. The zero-order valence-electron chi connectivity index (χ0n) is 16.4. The summed E-state index contributed by atoms with van der Waals surface area (Å²) in [5.41, 5.74) is 2.41. The molecule has 0 bridgehead atoms. The van der Waals surface area contributed by atoms with Crippen molar-refractivity contribution in [2.24, 2.45) is 0 Å². The van der Waals surface area contributed by atoms with Crippen molar-refractivity contribution in [1.82, 2.24) is 20.2 Å². The van der Waals surface area contributed by atoms with E-state index in [1.54, 1.807) is 6.08 Å². The van der Waals surface area contributed by atoms with E-state index in [0.29, 0.717) is 11.5 Å². The molecule has 0 atom stereocenters. The van der Waals surface area contributed by atoms with E-state index < -0.39 is 0 Å². The van der Waals surface area contributed by atoms with E-state index >= 15 is 0 Å². The van der Waals surface area contributed by atoms with E-state index in [2.05, 4.69) is 46.7 Å². The van der Waals surface area contributed by atoms with Crippen LogP contribution in [0.25, 0.3) is 10.9 Å². The van der Waals surface area contributed by atoms with Crippen molar-refractivity contribution in [3.05, 3.63) is 65.4 Å². The summed E-state index contributed by atoms with van der Waals surface area (Å²) in [7, 11) is 0. The number of amides is 1. The van der Waals surface area contributed by atoms with Gasteiger partial charge in [-0.25, -0.2) is 9.97 Å². The first kappa shape index (κ1) is 20.5. The fraction of sp³-hybridized carbons (Fsp3) is 0.227. The van der Waals surface area contributed by atoms with Crippen molar-refractivity contribution in [3.63, 3.8) is 0 Å². The van der Waals surface area contributed by atoms with Crippen LogP contribution in [0.5, 0.6) is 0 Å². The van der Waals surface area contributed by atoms with E-state index in [-0.39, 0.29) is 5.91 Å². The number of hydrogen-bond donors (Lipinski definition) is 3. The Labute approximate surface area is 183 Å². The second kappa shape index (κ2) is 9.80. The van der Waals surface area contributed by atoms with Crippen LogP contribution in [-0.4, -0.2) is 53.5 Å². The average molecular weight is 467 g/mol. The molecule has 1 fully saturated rings. The molecule has 1 aliphatic rings. The largest absolute Gasteiger partial charge is 0.340 e. The highest BCUT2D eigenvalue weighted by Gasteiger charge is 2.09. The number of halogens is 1. The molecule has 3 aromatic rings. The SMILES string of the molecule is O=C(/C=C/CN1CCNCC1)Nc1ccc2ncnc(Nc3cccc(Br)c3)c2c1. The van der Waals surface area contributed by atoms with Crippen LogP contribution >= 0.6 is 15.9 Å². The van der Waals surface area contributed by atoms with Crippen molar-refractivity contribution < 1.29 is 4.79 Å². The third-order valence-corrected chi connectivity index (χ3v) is 5.33. The van der Waals surface area contributed by atoms with Crippen LogP contribution in [0.1, 0.15) is 0 Å². The summed E-state index contributed by atoms with van der Waals surface area (Å²) in [6.07, 6.45) is 5.03. The maximum absolute atomic E-state index is 12.3. The van der Waals surface area contributed by atoms with Gasteiger partial charge in [0.2, 0.25) is 5.91 Å². The molecule has 0 unspecified atom stereocenters. The number of nitrogens with one attached hydrogen (secondary N) is 3. The number of carbonyl (C=O) groups is 1. The topological polar surface area (TPSA) is 82.2 Å². The van der Waals surface area contributed by atoms with Gasteiger partial charge in [-0.15, -0.1) is 0 Å². The van der Waals surface area contributed by atoms with Gasteiger partial charge in [0.1, 0.15) is 12.1 Å². The van der Waals surface area contributed by atoms with Crippen molar-refractivity contribution in [3.8, 4) is 0 Å². The van der Waals surface area contributed by atoms with Gasteiger partial charge in [0.05, 0.1) is 5.52 Å². The Bertz CT molecular complexity index is 1060. The number of fused-ring (bicyclic) bond motifs is 1. The number of piperazine rings is 1. The lowest BCUT2D eigenvalue weighted by Gasteiger charge is -2.25. The fourth-order valence-corrected chi connectivity index (χ4v) is 3.72. The molecule has 2 heterocycles. The lowest BCUT2D eigenvalue weighted by atomic mass is 10.2. The Balaban J connectivity index is 1.46. The molecule has 2 aromatic carbocycles. The molecule has 8 heteroatoms. The fourth-order valence-electron chi connectivity index (χ4n) is 3.32. The molecule has 4 rings (SSSR count). The van der Waals surface area contributed by atoms with Gasteiger partial charge in [-0.05, 0) is 36.4 Å². The maximum atomic E-state index is 12.3. The maximum Gasteiger partial charge on any atom is 0.248 e. The molecule has 1 saturated heterocycles. The molecule has 1 aliphatic heterocycles. The highest BCUT2D eigenvalue weighted by atomic mass is 79.9. The summed E-state index contributed by atoms with van der Waals surface area (Å²) in [6.45, 7) is 4.78. The monoisotopic (exact) mass is 466 g/mol. The van der Waals surface area contributed by atoms with Crippen LogP contribution in [0.3, 0.4) is 0 Å². The Morgan fingerprint density at radius 3 is 2.83 bits per heavy atom. The standard InChI is InChI=1S/C22H23BrN6O/c23-16-3-1-4-17(13-16)28-22-19-14-18(6-7-20(19)25-15-26-22)27-21(30)5-2-10-29-11-8-24-9-12-29/h1-7,13-15,24H,8-12H2,(H,27,30)(H,25,26,28)/b5-2+. The number of carbonyl (C=O) groups excluding carboxylic acids is 1. The second-order valence-electron chi connectivity index (χ2n) is 7.03. The van der Waals surface area contributed by atoms with Crippen molar-refractivity contribution >= 4 is 49.9 Å². The molecule has 154 valence electrons. The van der Waals surface area contributed by atoms with E-state index in [4.69, 9.17) is 0 Å². The highest BCUT2D eigenvalue weighted by Crippen LogP contribution is 2.26. The Hall–Kier alpha value is -2.81.